The molecule has 21 heavy (non-hydrogen) atoms. The molecule has 0 spiro atoms. The van der Waals surface area contributed by atoms with Gasteiger partial charge in [0.1, 0.15) is 0 Å². The van der Waals surface area contributed by atoms with Gasteiger partial charge in [-0.1, -0.05) is 27.7 Å². The standard InChI is InChI=1S/C17H33N3O/c1-16(2,3)14-13(7-6-10-21-14)11-19-15(18-5)20-12-17(4)8-9-17/h13-14H,6-12H2,1-5H3,(H2,18,19,20). The zero-order valence-electron chi connectivity index (χ0n) is 14.5. The summed E-state index contributed by atoms with van der Waals surface area (Å²) < 4.78 is 6.04. The van der Waals surface area contributed by atoms with Crippen molar-refractivity contribution in [2.75, 3.05) is 26.7 Å². The number of rotatable bonds is 4. The molecule has 4 nitrogen and oxygen atoms in total. The first kappa shape index (κ1) is 16.6. The van der Waals surface area contributed by atoms with Gasteiger partial charge in [-0.05, 0) is 36.5 Å². The van der Waals surface area contributed by atoms with E-state index >= 15 is 0 Å². The minimum Gasteiger partial charge on any atom is -0.377 e. The summed E-state index contributed by atoms with van der Waals surface area (Å²) in [7, 11) is 1.85. The van der Waals surface area contributed by atoms with Gasteiger partial charge in [-0.15, -0.1) is 0 Å². The number of hydrogen-bond donors (Lipinski definition) is 2. The van der Waals surface area contributed by atoms with E-state index in [1.807, 2.05) is 7.05 Å². The van der Waals surface area contributed by atoms with Crippen molar-refractivity contribution in [1.29, 1.82) is 0 Å². The lowest BCUT2D eigenvalue weighted by molar-refractivity contribution is -0.0835. The molecule has 2 fully saturated rings. The van der Waals surface area contributed by atoms with Crippen molar-refractivity contribution >= 4 is 5.96 Å². The van der Waals surface area contributed by atoms with E-state index in [4.69, 9.17) is 4.74 Å². The largest absolute Gasteiger partial charge is 0.377 e. The predicted octanol–water partition coefficient (Wildman–Crippen LogP) is 2.79. The molecular formula is C17H33N3O. The maximum Gasteiger partial charge on any atom is 0.191 e. The second-order valence-corrected chi connectivity index (χ2v) is 8.18. The van der Waals surface area contributed by atoms with Gasteiger partial charge in [0.2, 0.25) is 0 Å². The molecule has 0 radical (unpaired) electrons. The van der Waals surface area contributed by atoms with Crippen molar-refractivity contribution in [1.82, 2.24) is 10.6 Å². The fourth-order valence-electron chi connectivity index (χ4n) is 3.15. The van der Waals surface area contributed by atoms with E-state index in [1.54, 1.807) is 0 Å². The first-order chi connectivity index (χ1) is 9.84. The highest BCUT2D eigenvalue weighted by Crippen LogP contribution is 2.44. The van der Waals surface area contributed by atoms with Gasteiger partial charge in [0, 0.05) is 32.7 Å². The van der Waals surface area contributed by atoms with Gasteiger partial charge < -0.3 is 15.4 Å². The van der Waals surface area contributed by atoms with Crippen LogP contribution in [0.1, 0.15) is 53.4 Å². The molecule has 4 heteroatoms. The fourth-order valence-corrected chi connectivity index (χ4v) is 3.15. The Kier molecular flexibility index (Phi) is 5.18. The van der Waals surface area contributed by atoms with Crippen molar-refractivity contribution in [2.24, 2.45) is 21.7 Å². The quantitative estimate of drug-likeness (QED) is 0.619. The van der Waals surface area contributed by atoms with Crippen LogP contribution in [0, 0.1) is 16.7 Å². The Morgan fingerprint density at radius 3 is 2.57 bits per heavy atom. The number of ether oxygens (including phenoxy) is 1. The van der Waals surface area contributed by atoms with Gasteiger partial charge in [-0.3, -0.25) is 4.99 Å². The first-order valence-corrected chi connectivity index (χ1v) is 8.40. The van der Waals surface area contributed by atoms with Gasteiger partial charge in [0.05, 0.1) is 6.10 Å². The van der Waals surface area contributed by atoms with E-state index in [9.17, 15) is 0 Å². The highest BCUT2D eigenvalue weighted by atomic mass is 16.5. The van der Waals surface area contributed by atoms with Gasteiger partial charge in [-0.25, -0.2) is 0 Å². The summed E-state index contributed by atoms with van der Waals surface area (Å²) in [6.45, 7) is 12.0. The fraction of sp³-hybridized carbons (Fsp3) is 0.941. The van der Waals surface area contributed by atoms with Crippen LogP contribution in [0.4, 0.5) is 0 Å². The molecule has 2 N–H and O–H groups in total. The molecule has 1 saturated carbocycles. The zero-order chi connectivity index (χ0) is 15.5. The predicted molar refractivity (Wildman–Crippen MR) is 88.6 cm³/mol. The Morgan fingerprint density at radius 1 is 1.29 bits per heavy atom. The van der Waals surface area contributed by atoms with Crippen LogP contribution >= 0.6 is 0 Å². The molecular weight excluding hydrogens is 262 g/mol. The average molecular weight is 295 g/mol. The van der Waals surface area contributed by atoms with Crippen LogP contribution in [-0.4, -0.2) is 38.8 Å². The third-order valence-electron chi connectivity index (χ3n) is 4.84. The lowest BCUT2D eigenvalue weighted by Gasteiger charge is -2.40. The van der Waals surface area contributed by atoms with Gasteiger partial charge in [0.15, 0.2) is 5.96 Å². The molecule has 1 aliphatic carbocycles. The molecule has 1 saturated heterocycles. The smallest absolute Gasteiger partial charge is 0.191 e. The normalized spacial score (nSPS) is 29.1. The number of aliphatic imine (C=N–C) groups is 1. The SMILES string of the molecule is CN=C(NCC1CCCOC1C(C)(C)C)NCC1(C)CC1. The summed E-state index contributed by atoms with van der Waals surface area (Å²) in [4.78, 5) is 4.34. The maximum absolute atomic E-state index is 6.04. The molecule has 1 heterocycles. The number of nitrogens with one attached hydrogen (secondary N) is 2. The molecule has 0 aromatic rings. The zero-order valence-corrected chi connectivity index (χ0v) is 14.5. The van der Waals surface area contributed by atoms with Crippen molar-refractivity contribution in [3.8, 4) is 0 Å². The molecule has 2 unspecified atom stereocenters. The van der Waals surface area contributed by atoms with Crippen LogP contribution in [0.3, 0.4) is 0 Å². The van der Waals surface area contributed by atoms with Crippen LogP contribution in [-0.2, 0) is 4.74 Å². The highest BCUT2D eigenvalue weighted by molar-refractivity contribution is 5.79. The summed E-state index contributed by atoms with van der Waals surface area (Å²) in [6, 6.07) is 0. The van der Waals surface area contributed by atoms with Crippen LogP contribution in [0.15, 0.2) is 4.99 Å². The molecule has 0 aromatic heterocycles. The summed E-state index contributed by atoms with van der Waals surface area (Å²) in [5.74, 6) is 1.50. The number of guanidine groups is 1. The molecule has 0 amide bonds. The first-order valence-electron chi connectivity index (χ1n) is 8.40. The summed E-state index contributed by atoms with van der Waals surface area (Å²) in [6.07, 6.45) is 5.41. The number of nitrogens with zero attached hydrogens (tertiary/aromatic N) is 1. The van der Waals surface area contributed by atoms with Crippen molar-refractivity contribution in [3.63, 3.8) is 0 Å². The van der Waals surface area contributed by atoms with Crippen molar-refractivity contribution in [2.45, 2.75) is 59.5 Å². The summed E-state index contributed by atoms with van der Waals surface area (Å²) >= 11 is 0. The van der Waals surface area contributed by atoms with Crippen LogP contribution < -0.4 is 10.6 Å². The lowest BCUT2D eigenvalue weighted by atomic mass is 9.78. The maximum atomic E-state index is 6.04. The Hall–Kier alpha value is -0.770. The summed E-state index contributed by atoms with van der Waals surface area (Å²) in [5.41, 5.74) is 0.699. The van der Waals surface area contributed by atoms with Crippen LogP contribution in [0.2, 0.25) is 0 Å². The van der Waals surface area contributed by atoms with Crippen molar-refractivity contribution in [3.05, 3.63) is 0 Å². The second kappa shape index (κ2) is 6.55. The van der Waals surface area contributed by atoms with E-state index in [1.165, 1.54) is 25.7 Å². The van der Waals surface area contributed by atoms with Crippen LogP contribution in [0.25, 0.3) is 0 Å². The van der Waals surface area contributed by atoms with E-state index in [0.29, 0.717) is 17.4 Å². The van der Waals surface area contributed by atoms with Gasteiger partial charge >= 0.3 is 0 Å². The molecule has 0 bridgehead atoms. The Labute approximate surface area is 130 Å². The average Bonchev–Trinajstić information content (AvgIpc) is 3.16. The molecule has 122 valence electrons. The summed E-state index contributed by atoms with van der Waals surface area (Å²) in [5, 5.41) is 6.96. The number of hydrogen-bond acceptors (Lipinski definition) is 2. The van der Waals surface area contributed by atoms with Crippen molar-refractivity contribution < 1.29 is 4.74 Å². The minimum atomic E-state index is 0.200. The molecule has 0 aromatic carbocycles. The molecule has 2 rings (SSSR count). The monoisotopic (exact) mass is 295 g/mol. The molecule has 2 atom stereocenters. The topological polar surface area (TPSA) is 45.7 Å². The van der Waals surface area contributed by atoms with E-state index in [2.05, 4.69) is 43.3 Å². The van der Waals surface area contributed by atoms with E-state index in [-0.39, 0.29) is 5.41 Å². The third kappa shape index (κ3) is 4.87. The second-order valence-electron chi connectivity index (χ2n) is 8.18. The molecule has 1 aliphatic heterocycles. The Balaban J connectivity index is 1.81. The highest BCUT2D eigenvalue weighted by Gasteiger charge is 2.37. The Morgan fingerprint density at radius 2 is 2.00 bits per heavy atom. The van der Waals surface area contributed by atoms with Gasteiger partial charge in [-0.2, -0.15) is 0 Å². The van der Waals surface area contributed by atoms with E-state index in [0.717, 1.165) is 25.7 Å². The Bertz CT molecular complexity index is 369. The lowest BCUT2D eigenvalue weighted by Crippen LogP contribution is -2.48. The van der Waals surface area contributed by atoms with Gasteiger partial charge in [0.25, 0.3) is 0 Å². The third-order valence-corrected chi connectivity index (χ3v) is 4.84. The minimum absolute atomic E-state index is 0.200. The molecule has 2 aliphatic rings. The van der Waals surface area contributed by atoms with E-state index < -0.39 is 0 Å². The van der Waals surface area contributed by atoms with Crippen LogP contribution in [0.5, 0.6) is 0 Å².